The van der Waals surface area contributed by atoms with Crippen molar-refractivity contribution < 1.29 is 14.6 Å². The molecular weight excluding hydrogens is 350 g/mol. The lowest BCUT2D eigenvalue weighted by Crippen LogP contribution is -2.43. The second kappa shape index (κ2) is 7.42. The molecule has 1 aromatic carbocycles. The monoisotopic (exact) mass is 367 g/mol. The van der Waals surface area contributed by atoms with Gasteiger partial charge in [-0.25, -0.2) is 4.79 Å². The fourth-order valence-corrected chi connectivity index (χ4v) is 2.19. The van der Waals surface area contributed by atoms with E-state index in [0.29, 0.717) is 0 Å². The summed E-state index contributed by atoms with van der Waals surface area (Å²) in [5.41, 5.74) is -0.220. The van der Waals surface area contributed by atoms with Crippen molar-refractivity contribution in [1.82, 2.24) is 15.1 Å². The predicted octanol–water partition coefficient (Wildman–Crippen LogP) is 2.32. The van der Waals surface area contributed by atoms with E-state index in [0.717, 1.165) is 10.0 Å². The minimum atomic E-state index is -1.13. The molecule has 0 aliphatic rings. The number of nitrogens with zero attached hydrogens (tertiary/aromatic N) is 2. The van der Waals surface area contributed by atoms with Crippen LogP contribution in [0.1, 0.15) is 12.5 Å². The number of rotatable bonds is 6. The number of aromatic nitrogens is 2. The number of benzene rings is 1. The molecule has 0 saturated heterocycles. The first-order valence-corrected chi connectivity index (χ1v) is 7.59. The molecule has 22 heavy (non-hydrogen) atoms. The number of ether oxygens (including phenoxy) is 1. The number of hydrogen-bond acceptors (Lipinski definition) is 4. The van der Waals surface area contributed by atoms with Gasteiger partial charge in [0.05, 0.1) is 29.4 Å². The maximum Gasteiger partial charge on any atom is 0.407 e. The Balaban J connectivity index is 1.75. The van der Waals surface area contributed by atoms with E-state index in [1.54, 1.807) is 24.0 Å². The predicted molar refractivity (Wildman–Crippen MR) is 85.2 cm³/mol. The average Bonchev–Trinajstić information content (AvgIpc) is 2.88. The lowest BCUT2D eigenvalue weighted by atomic mass is 10.1. The lowest BCUT2D eigenvalue weighted by Gasteiger charge is -2.23. The van der Waals surface area contributed by atoms with Crippen molar-refractivity contribution in [2.75, 3.05) is 6.54 Å². The number of nitrogens with one attached hydrogen (secondary N) is 1. The Kier molecular flexibility index (Phi) is 5.57. The van der Waals surface area contributed by atoms with Crippen LogP contribution in [0.2, 0.25) is 0 Å². The van der Waals surface area contributed by atoms with Gasteiger partial charge in [0.2, 0.25) is 0 Å². The maximum absolute atomic E-state index is 11.6. The molecule has 1 amide bonds. The highest BCUT2D eigenvalue weighted by Gasteiger charge is 2.23. The van der Waals surface area contributed by atoms with Gasteiger partial charge in [0, 0.05) is 6.20 Å². The van der Waals surface area contributed by atoms with Gasteiger partial charge in [-0.2, -0.15) is 5.10 Å². The number of amides is 1. The summed E-state index contributed by atoms with van der Waals surface area (Å²) in [7, 11) is 0. The van der Waals surface area contributed by atoms with Gasteiger partial charge in [-0.05, 0) is 28.4 Å². The molecule has 0 radical (unpaired) electrons. The number of carbonyl (C=O) groups is 1. The van der Waals surface area contributed by atoms with E-state index in [-0.39, 0.29) is 19.7 Å². The summed E-state index contributed by atoms with van der Waals surface area (Å²) in [5.74, 6) is 0. The number of alkyl carbamates (subject to hydrolysis) is 1. The van der Waals surface area contributed by atoms with Crippen LogP contribution in [0.15, 0.2) is 47.2 Å². The largest absolute Gasteiger partial charge is 0.445 e. The van der Waals surface area contributed by atoms with Gasteiger partial charge in [-0.1, -0.05) is 30.3 Å². The van der Waals surface area contributed by atoms with Crippen molar-refractivity contribution in [2.45, 2.75) is 25.7 Å². The van der Waals surface area contributed by atoms with Crippen molar-refractivity contribution in [3.63, 3.8) is 0 Å². The second-order valence-corrected chi connectivity index (χ2v) is 6.18. The van der Waals surface area contributed by atoms with Gasteiger partial charge in [-0.15, -0.1) is 0 Å². The van der Waals surface area contributed by atoms with Gasteiger partial charge >= 0.3 is 6.09 Å². The summed E-state index contributed by atoms with van der Waals surface area (Å²) in [6.45, 7) is 2.15. The summed E-state index contributed by atoms with van der Waals surface area (Å²) < 4.78 is 7.52. The van der Waals surface area contributed by atoms with Crippen LogP contribution in [0.25, 0.3) is 0 Å². The molecule has 2 N–H and O–H groups in total. The van der Waals surface area contributed by atoms with E-state index in [2.05, 4.69) is 26.3 Å². The third-order valence-corrected chi connectivity index (χ3v) is 3.34. The molecule has 1 unspecified atom stereocenters. The zero-order valence-corrected chi connectivity index (χ0v) is 13.8. The molecule has 1 atom stereocenters. The molecule has 0 bridgehead atoms. The number of aliphatic hydroxyl groups is 1. The van der Waals surface area contributed by atoms with E-state index >= 15 is 0 Å². The minimum absolute atomic E-state index is 0.0676. The molecule has 0 saturated carbocycles. The maximum atomic E-state index is 11.6. The molecule has 118 valence electrons. The van der Waals surface area contributed by atoms with Crippen molar-refractivity contribution in [3.8, 4) is 0 Å². The zero-order valence-electron chi connectivity index (χ0n) is 12.2. The van der Waals surface area contributed by atoms with Crippen LogP contribution in [-0.2, 0) is 17.9 Å². The highest BCUT2D eigenvalue weighted by atomic mass is 79.9. The molecule has 0 fully saturated rings. The fourth-order valence-electron chi connectivity index (χ4n) is 1.87. The van der Waals surface area contributed by atoms with E-state index in [9.17, 15) is 9.90 Å². The minimum Gasteiger partial charge on any atom is -0.445 e. The van der Waals surface area contributed by atoms with Crippen LogP contribution in [0.3, 0.4) is 0 Å². The van der Waals surface area contributed by atoms with Crippen molar-refractivity contribution >= 4 is 22.0 Å². The molecule has 1 heterocycles. The van der Waals surface area contributed by atoms with Crippen LogP contribution >= 0.6 is 15.9 Å². The molecule has 0 aliphatic heterocycles. The third-order valence-electron chi connectivity index (χ3n) is 2.93. The van der Waals surface area contributed by atoms with Crippen LogP contribution in [-0.4, -0.2) is 33.1 Å². The Morgan fingerprint density at radius 3 is 2.82 bits per heavy atom. The van der Waals surface area contributed by atoms with Gasteiger partial charge in [0.25, 0.3) is 0 Å². The topological polar surface area (TPSA) is 76.4 Å². The summed E-state index contributed by atoms with van der Waals surface area (Å²) in [6.07, 6.45) is 2.82. The Hall–Kier alpha value is -1.86. The Labute approximate surface area is 137 Å². The first-order valence-electron chi connectivity index (χ1n) is 6.79. The highest BCUT2D eigenvalue weighted by Crippen LogP contribution is 2.11. The number of carbonyl (C=O) groups excluding carboxylic acids is 1. The van der Waals surface area contributed by atoms with Crippen molar-refractivity contribution in [3.05, 3.63) is 52.8 Å². The average molecular weight is 368 g/mol. The Morgan fingerprint density at radius 2 is 2.18 bits per heavy atom. The normalized spacial score (nSPS) is 13.4. The smallest absolute Gasteiger partial charge is 0.407 e. The molecular formula is C15H18BrN3O3. The SMILES string of the molecule is CC(O)(CNC(=O)OCc1ccccc1)Cn1cc(Br)cn1. The molecule has 6 nitrogen and oxygen atoms in total. The van der Waals surface area contributed by atoms with E-state index in [4.69, 9.17) is 4.74 Å². The van der Waals surface area contributed by atoms with Crippen LogP contribution in [0.5, 0.6) is 0 Å². The second-order valence-electron chi connectivity index (χ2n) is 5.27. The summed E-state index contributed by atoms with van der Waals surface area (Å²) in [5, 5.41) is 16.9. The fraction of sp³-hybridized carbons (Fsp3) is 0.333. The molecule has 0 aliphatic carbocycles. The van der Waals surface area contributed by atoms with Crippen LogP contribution < -0.4 is 5.32 Å². The molecule has 1 aromatic heterocycles. The molecule has 2 rings (SSSR count). The Morgan fingerprint density at radius 1 is 1.45 bits per heavy atom. The lowest BCUT2D eigenvalue weighted by molar-refractivity contribution is 0.0360. The van der Waals surface area contributed by atoms with E-state index in [1.807, 2.05) is 30.3 Å². The van der Waals surface area contributed by atoms with Crippen LogP contribution in [0.4, 0.5) is 4.79 Å². The van der Waals surface area contributed by atoms with Crippen molar-refractivity contribution in [2.24, 2.45) is 0 Å². The summed E-state index contributed by atoms with van der Waals surface area (Å²) in [4.78, 5) is 11.6. The van der Waals surface area contributed by atoms with Gasteiger partial charge in [0.1, 0.15) is 6.61 Å². The van der Waals surface area contributed by atoms with E-state index < -0.39 is 11.7 Å². The zero-order chi connectivity index (χ0) is 16.0. The van der Waals surface area contributed by atoms with Crippen molar-refractivity contribution in [1.29, 1.82) is 0 Å². The number of halogens is 1. The van der Waals surface area contributed by atoms with Crippen LogP contribution in [0, 0.1) is 0 Å². The number of hydrogen-bond donors (Lipinski definition) is 2. The first kappa shape index (κ1) is 16.5. The molecule has 0 spiro atoms. The van der Waals surface area contributed by atoms with E-state index in [1.165, 1.54) is 0 Å². The molecule has 7 heteroatoms. The third kappa shape index (κ3) is 5.50. The van der Waals surface area contributed by atoms with Gasteiger partial charge in [0.15, 0.2) is 0 Å². The summed E-state index contributed by atoms with van der Waals surface area (Å²) >= 11 is 3.29. The highest BCUT2D eigenvalue weighted by molar-refractivity contribution is 9.10. The van der Waals surface area contributed by atoms with Gasteiger partial charge in [-0.3, -0.25) is 4.68 Å². The Bertz CT molecular complexity index is 614. The summed E-state index contributed by atoms with van der Waals surface area (Å²) in [6, 6.07) is 9.40. The molecule has 2 aromatic rings. The first-order chi connectivity index (χ1) is 10.4. The quantitative estimate of drug-likeness (QED) is 0.821. The van der Waals surface area contributed by atoms with Gasteiger partial charge < -0.3 is 15.2 Å². The standard InChI is InChI=1S/C15H18BrN3O3/c1-15(21,11-19-8-13(16)7-18-19)10-17-14(20)22-9-12-5-3-2-4-6-12/h2-8,21H,9-11H2,1H3,(H,17,20).